The Morgan fingerprint density at radius 2 is 2.36 bits per heavy atom. The minimum Gasteiger partial charge on any atom is -0.289 e. The van der Waals surface area contributed by atoms with Crippen LogP contribution in [-0.4, -0.2) is 14.8 Å². The number of H-pyrrole nitrogens is 1. The van der Waals surface area contributed by atoms with E-state index < -0.39 is 6.43 Å². The third-order valence-electron chi connectivity index (χ3n) is 1.59. The van der Waals surface area contributed by atoms with Crippen LogP contribution in [0.25, 0.3) is 5.13 Å². The van der Waals surface area contributed by atoms with Crippen LogP contribution >= 0.6 is 23.6 Å². The summed E-state index contributed by atoms with van der Waals surface area (Å²) in [4.78, 5) is 3.96. The monoisotopic (exact) mass is 233 g/mol. The van der Waals surface area contributed by atoms with E-state index in [9.17, 15) is 8.78 Å². The Kier molecular flexibility index (Phi) is 2.42. The Bertz CT molecular complexity index is 471. The highest BCUT2D eigenvalue weighted by Gasteiger charge is 2.11. The van der Waals surface area contributed by atoms with Crippen molar-refractivity contribution in [2.45, 2.75) is 6.43 Å². The van der Waals surface area contributed by atoms with E-state index in [1.807, 2.05) is 0 Å². The second kappa shape index (κ2) is 3.58. The lowest BCUT2D eigenvalue weighted by molar-refractivity contribution is 0.145. The zero-order chi connectivity index (χ0) is 10.1. The Morgan fingerprint density at radius 3 is 2.86 bits per heavy atom. The molecular weight excluding hydrogens is 228 g/mol. The Morgan fingerprint density at radius 1 is 1.57 bits per heavy atom. The fourth-order valence-corrected chi connectivity index (χ4v) is 1.93. The number of rotatable bonds is 2. The summed E-state index contributed by atoms with van der Waals surface area (Å²) in [5.74, 6) is 0. The lowest BCUT2D eigenvalue weighted by Crippen LogP contribution is -1.96. The van der Waals surface area contributed by atoms with Gasteiger partial charge in [-0.25, -0.2) is 18.4 Å². The first-order valence-corrected chi connectivity index (χ1v) is 4.97. The number of thiazole rings is 1. The second-order valence-corrected chi connectivity index (χ2v) is 3.79. The van der Waals surface area contributed by atoms with Crippen LogP contribution in [0.3, 0.4) is 0 Å². The quantitative estimate of drug-likeness (QED) is 0.809. The van der Waals surface area contributed by atoms with E-state index in [4.69, 9.17) is 12.2 Å². The maximum absolute atomic E-state index is 12.3. The number of nitrogens with one attached hydrogen (secondary N) is 1. The van der Waals surface area contributed by atoms with Gasteiger partial charge in [0.05, 0.1) is 0 Å². The molecule has 2 heterocycles. The van der Waals surface area contributed by atoms with Gasteiger partial charge in [-0.05, 0) is 0 Å². The van der Waals surface area contributed by atoms with Gasteiger partial charge in [0.2, 0.25) is 5.13 Å². The molecule has 0 radical (unpaired) electrons. The highest BCUT2D eigenvalue weighted by molar-refractivity contribution is 7.71. The highest BCUT2D eigenvalue weighted by atomic mass is 32.1. The van der Waals surface area contributed by atoms with Gasteiger partial charge in [0, 0.05) is 17.6 Å². The predicted molar refractivity (Wildman–Crippen MR) is 51.6 cm³/mol. The van der Waals surface area contributed by atoms with Gasteiger partial charge in [-0.2, -0.15) is 0 Å². The number of aromatic amines is 1. The number of hydrogen-bond donors (Lipinski definition) is 1. The number of hydrogen-bond acceptors (Lipinski definition) is 3. The molecule has 0 saturated heterocycles. The van der Waals surface area contributed by atoms with Crippen LogP contribution in [0.4, 0.5) is 8.78 Å². The van der Waals surface area contributed by atoms with E-state index in [1.165, 1.54) is 22.1 Å². The van der Waals surface area contributed by atoms with Gasteiger partial charge in [-0.3, -0.25) is 5.10 Å². The lowest BCUT2D eigenvalue weighted by atomic mass is 10.5. The zero-order valence-corrected chi connectivity index (χ0v) is 8.41. The molecule has 7 heteroatoms. The molecule has 3 nitrogen and oxygen atoms in total. The largest absolute Gasteiger partial charge is 0.289 e. The molecule has 2 aromatic rings. The SMILES string of the molecule is FC(F)c1cc(=S)n(-c2nccs2)[nH]1. The Hall–Kier alpha value is -1.08. The highest BCUT2D eigenvalue weighted by Crippen LogP contribution is 2.19. The first kappa shape index (κ1) is 9.47. The van der Waals surface area contributed by atoms with Gasteiger partial charge in [-0.15, -0.1) is 11.3 Å². The van der Waals surface area contributed by atoms with Crippen molar-refractivity contribution in [3.8, 4) is 5.13 Å². The van der Waals surface area contributed by atoms with E-state index in [-0.39, 0.29) is 5.69 Å². The van der Waals surface area contributed by atoms with Crippen LogP contribution in [-0.2, 0) is 0 Å². The molecule has 1 N–H and O–H groups in total. The van der Waals surface area contributed by atoms with Crippen molar-refractivity contribution in [3.05, 3.63) is 28.0 Å². The minimum absolute atomic E-state index is 0.190. The molecule has 0 spiro atoms. The fourth-order valence-electron chi connectivity index (χ4n) is 0.994. The molecular formula is C7H5F2N3S2. The summed E-state index contributed by atoms with van der Waals surface area (Å²) in [6.45, 7) is 0. The molecule has 0 fully saturated rings. The average Bonchev–Trinajstić information content (AvgIpc) is 2.71. The molecule has 0 atom stereocenters. The van der Waals surface area contributed by atoms with Crippen LogP contribution in [0, 0.1) is 4.64 Å². The third kappa shape index (κ3) is 1.60. The van der Waals surface area contributed by atoms with Crippen LogP contribution < -0.4 is 0 Å². The van der Waals surface area contributed by atoms with Crippen molar-refractivity contribution >= 4 is 23.6 Å². The van der Waals surface area contributed by atoms with E-state index in [0.717, 1.165) is 0 Å². The van der Waals surface area contributed by atoms with Crippen molar-refractivity contribution in [2.24, 2.45) is 0 Å². The topological polar surface area (TPSA) is 33.6 Å². The summed E-state index contributed by atoms with van der Waals surface area (Å²) in [6, 6.07) is 1.24. The molecule has 2 aromatic heterocycles. The zero-order valence-electron chi connectivity index (χ0n) is 6.78. The second-order valence-electron chi connectivity index (χ2n) is 2.50. The van der Waals surface area contributed by atoms with Crippen molar-refractivity contribution in [1.29, 1.82) is 0 Å². The van der Waals surface area contributed by atoms with Gasteiger partial charge >= 0.3 is 0 Å². The van der Waals surface area contributed by atoms with E-state index >= 15 is 0 Å². The summed E-state index contributed by atoms with van der Waals surface area (Å²) in [5.41, 5.74) is -0.190. The van der Waals surface area contributed by atoms with Gasteiger partial charge in [0.1, 0.15) is 10.3 Å². The molecule has 0 amide bonds. The standard InChI is InChI=1S/C7H5F2N3S2/c8-6(9)4-3-5(13)12(11-4)7-10-1-2-14-7/h1-3,6,11H. The first-order chi connectivity index (χ1) is 6.68. The molecule has 0 aromatic carbocycles. The normalized spacial score (nSPS) is 11.1. The molecule has 0 bridgehead atoms. The third-order valence-corrected chi connectivity index (χ3v) is 2.64. The van der Waals surface area contributed by atoms with Crippen LogP contribution in [0.5, 0.6) is 0 Å². The van der Waals surface area contributed by atoms with Crippen molar-refractivity contribution < 1.29 is 8.78 Å². The van der Waals surface area contributed by atoms with Crippen LogP contribution in [0.2, 0.25) is 0 Å². The van der Waals surface area contributed by atoms with E-state index in [0.29, 0.717) is 9.77 Å². The molecule has 0 unspecified atom stereocenters. The summed E-state index contributed by atoms with van der Waals surface area (Å²) >= 11 is 6.23. The van der Waals surface area contributed by atoms with Gasteiger partial charge < -0.3 is 0 Å². The van der Waals surface area contributed by atoms with Crippen LogP contribution in [0.1, 0.15) is 12.1 Å². The maximum Gasteiger partial charge on any atom is 0.279 e. The maximum atomic E-state index is 12.3. The molecule has 0 aliphatic rings. The van der Waals surface area contributed by atoms with E-state index in [1.54, 1.807) is 11.6 Å². The van der Waals surface area contributed by atoms with Crippen molar-refractivity contribution in [2.75, 3.05) is 0 Å². The molecule has 14 heavy (non-hydrogen) atoms. The van der Waals surface area contributed by atoms with Crippen LogP contribution in [0.15, 0.2) is 17.6 Å². The number of nitrogens with zero attached hydrogens (tertiary/aromatic N) is 2. The van der Waals surface area contributed by atoms with Crippen molar-refractivity contribution in [1.82, 2.24) is 14.8 Å². The molecule has 2 rings (SSSR count). The lowest BCUT2D eigenvalue weighted by Gasteiger charge is -1.96. The number of alkyl halides is 2. The minimum atomic E-state index is -2.54. The average molecular weight is 233 g/mol. The van der Waals surface area contributed by atoms with E-state index in [2.05, 4.69) is 10.1 Å². The summed E-state index contributed by atoms with van der Waals surface area (Å²) in [6.07, 6.45) is -0.956. The van der Waals surface area contributed by atoms with Gasteiger partial charge in [-0.1, -0.05) is 12.2 Å². The number of aromatic nitrogens is 3. The van der Waals surface area contributed by atoms with Gasteiger partial charge in [0.15, 0.2) is 0 Å². The first-order valence-electron chi connectivity index (χ1n) is 3.68. The molecule has 0 saturated carbocycles. The van der Waals surface area contributed by atoms with Gasteiger partial charge in [0.25, 0.3) is 6.43 Å². The Labute approximate surface area is 87.0 Å². The predicted octanol–water partition coefficient (Wildman–Crippen LogP) is 2.93. The Balaban J connectivity index is 2.50. The summed E-state index contributed by atoms with van der Waals surface area (Å²) < 4.78 is 26.3. The summed E-state index contributed by atoms with van der Waals surface area (Å²) in [7, 11) is 0. The number of halogens is 2. The fraction of sp³-hybridized carbons (Fsp3) is 0.143. The van der Waals surface area contributed by atoms with Crippen molar-refractivity contribution in [3.63, 3.8) is 0 Å². The molecule has 0 aliphatic heterocycles. The smallest absolute Gasteiger partial charge is 0.279 e. The molecule has 74 valence electrons. The molecule has 0 aliphatic carbocycles. The summed E-state index contributed by atoms with van der Waals surface area (Å²) in [5, 5.41) is 4.80.